The fourth-order valence-corrected chi connectivity index (χ4v) is 5.23. The molecule has 46 heavy (non-hydrogen) atoms. The molecule has 0 radical (unpaired) electrons. The van der Waals surface area contributed by atoms with Crippen LogP contribution in [0.4, 0.5) is 5.69 Å². The third-order valence-corrected chi connectivity index (χ3v) is 7.69. The molecule has 4 N–H and O–H groups in total. The number of fused-ring (bicyclic) bond motifs is 4. The van der Waals surface area contributed by atoms with Crippen LogP contribution >= 0.6 is 15.9 Å². The summed E-state index contributed by atoms with van der Waals surface area (Å²) >= 11 is 3.46. The van der Waals surface area contributed by atoms with Crippen LogP contribution in [0, 0.1) is 11.3 Å². The zero-order valence-corrected chi connectivity index (χ0v) is 26.4. The first-order chi connectivity index (χ1) is 22.6. The summed E-state index contributed by atoms with van der Waals surface area (Å²) in [6, 6.07) is 41.0. The van der Waals surface area contributed by atoms with Crippen molar-refractivity contribution < 1.29 is 0 Å². The minimum Gasteiger partial charge on any atom is -0.398 e. The summed E-state index contributed by atoms with van der Waals surface area (Å²) in [6.07, 6.45) is 7.09. The predicted octanol–water partition coefficient (Wildman–Crippen LogP) is 8.61. The summed E-state index contributed by atoms with van der Waals surface area (Å²) in [6.45, 7) is 0.572. The number of hydrogen-bond acceptors (Lipinski definition) is 7. The third-order valence-electron chi connectivity index (χ3n) is 6.99. The molecule has 0 fully saturated rings. The van der Waals surface area contributed by atoms with Crippen LogP contribution in [-0.2, 0) is 6.54 Å². The molecule has 4 aromatic carbocycles. The Morgan fingerprint density at radius 3 is 1.54 bits per heavy atom. The number of anilines is 1. The Kier molecular flexibility index (Phi) is 10.9. The Balaban J connectivity index is 0.000000121. The number of hydrogen-bond donors (Lipinski definition) is 2. The van der Waals surface area contributed by atoms with Crippen molar-refractivity contribution in [2.75, 3.05) is 5.73 Å². The number of aromatic nitrogens is 4. The third kappa shape index (κ3) is 7.85. The number of rotatable bonds is 1. The molecule has 0 amide bonds. The van der Waals surface area contributed by atoms with E-state index in [-0.39, 0.29) is 0 Å². The maximum Gasteiger partial charge on any atom is 0.0998 e. The number of halogens is 1. The molecule has 224 valence electrons. The van der Waals surface area contributed by atoms with Crippen LogP contribution in [0.2, 0.25) is 0 Å². The van der Waals surface area contributed by atoms with Gasteiger partial charge in [0.25, 0.3) is 0 Å². The predicted molar refractivity (Wildman–Crippen MR) is 192 cm³/mol. The van der Waals surface area contributed by atoms with E-state index in [0.29, 0.717) is 12.1 Å². The fourth-order valence-electron chi connectivity index (χ4n) is 4.74. The minimum atomic E-state index is 0.572. The van der Waals surface area contributed by atoms with E-state index in [1.54, 1.807) is 30.9 Å². The number of pyridine rings is 4. The molecule has 8 rings (SSSR count). The molecule has 0 saturated heterocycles. The molecule has 8 aromatic rings. The lowest BCUT2D eigenvalue weighted by Gasteiger charge is -2.01. The maximum absolute atomic E-state index is 8.76. The first-order valence-electron chi connectivity index (χ1n) is 14.4. The van der Waals surface area contributed by atoms with E-state index in [0.717, 1.165) is 59.3 Å². The molecule has 0 aliphatic carbocycles. The molecule has 0 atom stereocenters. The molecule has 7 nitrogen and oxygen atoms in total. The molecule has 0 aliphatic heterocycles. The van der Waals surface area contributed by atoms with E-state index < -0.39 is 0 Å². The Labute approximate surface area is 275 Å². The van der Waals surface area contributed by atoms with Crippen molar-refractivity contribution in [3.63, 3.8) is 0 Å². The highest BCUT2D eigenvalue weighted by atomic mass is 79.9. The summed E-state index contributed by atoms with van der Waals surface area (Å²) in [5.41, 5.74) is 17.8. The van der Waals surface area contributed by atoms with Crippen molar-refractivity contribution in [1.29, 1.82) is 5.26 Å². The Morgan fingerprint density at radius 1 is 0.522 bits per heavy atom. The number of nitriles is 1. The number of nitrogens with zero attached hydrogens (tertiary/aromatic N) is 5. The molecule has 0 unspecified atom stereocenters. The maximum atomic E-state index is 8.76. The monoisotopic (exact) mass is 663 g/mol. The van der Waals surface area contributed by atoms with Crippen molar-refractivity contribution in [2.45, 2.75) is 6.54 Å². The van der Waals surface area contributed by atoms with Gasteiger partial charge in [0.1, 0.15) is 0 Å². The van der Waals surface area contributed by atoms with Crippen LogP contribution in [0.3, 0.4) is 0 Å². The Morgan fingerprint density at radius 2 is 0.978 bits per heavy atom. The van der Waals surface area contributed by atoms with Gasteiger partial charge >= 0.3 is 0 Å². The first kappa shape index (κ1) is 31.7. The summed E-state index contributed by atoms with van der Waals surface area (Å²) in [5, 5.41) is 13.0. The van der Waals surface area contributed by atoms with E-state index in [4.69, 9.17) is 16.7 Å². The highest BCUT2D eigenvalue weighted by molar-refractivity contribution is 9.10. The van der Waals surface area contributed by atoms with Gasteiger partial charge in [-0.3, -0.25) is 19.9 Å². The normalized spacial score (nSPS) is 10.1. The molecular weight excluding hydrogens is 634 g/mol. The topological polar surface area (TPSA) is 127 Å². The molecule has 0 bridgehead atoms. The van der Waals surface area contributed by atoms with Crippen molar-refractivity contribution in [2.24, 2.45) is 5.73 Å². The number of benzene rings is 4. The quantitative estimate of drug-likeness (QED) is 0.168. The van der Waals surface area contributed by atoms with E-state index in [1.165, 1.54) is 0 Å². The summed E-state index contributed by atoms with van der Waals surface area (Å²) in [5.74, 6) is 0. The number of nitrogen functional groups attached to an aromatic ring is 1. The van der Waals surface area contributed by atoms with Gasteiger partial charge < -0.3 is 11.5 Å². The zero-order chi connectivity index (χ0) is 32.1. The highest BCUT2D eigenvalue weighted by Crippen LogP contribution is 2.21. The van der Waals surface area contributed by atoms with Crippen molar-refractivity contribution in [3.05, 3.63) is 162 Å². The lowest BCUT2D eigenvalue weighted by Crippen LogP contribution is -1.96. The van der Waals surface area contributed by atoms with Crippen LogP contribution < -0.4 is 11.5 Å². The van der Waals surface area contributed by atoms with Crippen LogP contribution in [0.25, 0.3) is 43.6 Å². The van der Waals surface area contributed by atoms with Crippen molar-refractivity contribution in [3.8, 4) is 6.07 Å². The second kappa shape index (κ2) is 15.8. The van der Waals surface area contributed by atoms with Gasteiger partial charge in [-0.05, 0) is 84.4 Å². The first-order valence-corrected chi connectivity index (χ1v) is 15.2. The second-order valence-electron chi connectivity index (χ2n) is 9.91. The summed E-state index contributed by atoms with van der Waals surface area (Å²) in [7, 11) is 0. The van der Waals surface area contributed by atoms with E-state index in [1.807, 2.05) is 115 Å². The smallest absolute Gasteiger partial charge is 0.0998 e. The summed E-state index contributed by atoms with van der Waals surface area (Å²) < 4.78 is 1.10. The van der Waals surface area contributed by atoms with Gasteiger partial charge in [0.05, 0.1) is 33.7 Å². The fraction of sp³-hybridized carbons (Fsp3) is 0.0263. The average Bonchev–Trinajstić information content (AvgIpc) is 3.12. The minimum absolute atomic E-state index is 0.572. The van der Waals surface area contributed by atoms with E-state index >= 15 is 0 Å². The van der Waals surface area contributed by atoms with E-state index in [2.05, 4.69) is 41.9 Å². The second-order valence-corrected chi connectivity index (χ2v) is 10.8. The van der Waals surface area contributed by atoms with Gasteiger partial charge in [-0.1, -0.05) is 58.4 Å². The van der Waals surface area contributed by atoms with E-state index in [9.17, 15) is 0 Å². The van der Waals surface area contributed by atoms with Gasteiger partial charge in [0.15, 0.2) is 0 Å². The number of nitrogens with two attached hydrogens (primary N) is 2. The highest BCUT2D eigenvalue weighted by Gasteiger charge is 1.99. The van der Waals surface area contributed by atoms with Crippen LogP contribution in [-0.4, -0.2) is 19.9 Å². The molecule has 4 aromatic heterocycles. The molecule has 4 heterocycles. The van der Waals surface area contributed by atoms with Gasteiger partial charge in [-0.15, -0.1) is 0 Å². The van der Waals surface area contributed by atoms with Crippen LogP contribution in [0.5, 0.6) is 0 Å². The Hall–Kier alpha value is -5.75. The molecule has 8 heteroatoms. The standard InChI is InChI=1S/C10H10N2.C10H6N2.C9H6BrN.C9H8N2/c2*11-7-8-3-1-5-10-9(8)4-2-6-12-10;2*10-8-4-1-5-9-7(8)3-2-6-11-9/h1-6H,7,11H2;1-6H;1-6H;1-6H,10H2. The lowest BCUT2D eigenvalue weighted by molar-refractivity contribution is 1.08. The largest absolute Gasteiger partial charge is 0.398 e. The molecular formula is C38H30BrN7. The van der Waals surface area contributed by atoms with Crippen molar-refractivity contribution >= 4 is 65.2 Å². The van der Waals surface area contributed by atoms with Gasteiger partial charge in [0.2, 0.25) is 0 Å². The van der Waals surface area contributed by atoms with Gasteiger partial charge in [-0.2, -0.15) is 5.26 Å². The SMILES string of the molecule is Brc1cccc2ncccc12.N#Cc1cccc2ncccc12.NCc1cccc2ncccc12.Nc1cccc2ncccc12. The molecule has 0 spiro atoms. The van der Waals surface area contributed by atoms with Crippen LogP contribution in [0.15, 0.2) is 151 Å². The molecule has 0 aliphatic rings. The average molecular weight is 665 g/mol. The van der Waals surface area contributed by atoms with Crippen molar-refractivity contribution in [1.82, 2.24) is 19.9 Å². The summed E-state index contributed by atoms with van der Waals surface area (Å²) in [4.78, 5) is 16.7. The van der Waals surface area contributed by atoms with Gasteiger partial charge in [0, 0.05) is 63.0 Å². The van der Waals surface area contributed by atoms with Crippen LogP contribution in [0.1, 0.15) is 11.1 Å². The lowest BCUT2D eigenvalue weighted by atomic mass is 10.1. The molecule has 0 saturated carbocycles. The Bertz CT molecular complexity index is 2170. The zero-order valence-electron chi connectivity index (χ0n) is 24.8. The van der Waals surface area contributed by atoms with Gasteiger partial charge in [-0.25, -0.2) is 0 Å².